The fourth-order valence-corrected chi connectivity index (χ4v) is 2.14. The summed E-state index contributed by atoms with van der Waals surface area (Å²) in [6, 6.07) is 16.1. The van der Waals surface area contributed by atoms with E-state index in [1.807, 2.05) is 30.3 Å². The molecule has 0 heterocycles. The third-order valence-electron chi connectivity index (χ3n) is 3.46. The summed E-state index contributed by atoms with van der Waals surface area (Å²) in [5, 5.41) is 5.47. The summed E-state index contributed by atoms with van der Waals surface area (Å²) in [7, 11) is 3.14. The van der Waals surface area contributed by atoms with Crippen LogP contribution in [0.1, 0.15) is 0 Å². The van der Waals surface area contributed by atoms with Crippen LogP contribution in [0.2, 0.25) is 0 Å². The first-order chi connectivity index (χ1) is 12.6. The molecular weight excluding hydrogens is 334 g/mol. The molecule has 26 heavy (non-hydrogen) atoms. The molecule has 2 aromatic rings. The Kier molecular flexibility index (Phi) is 7.45. The maximum atomic E-state index is 12.2. The SMILES string of the molecule is COCC(=O)Nc1cccc(NC(=O)N(C)CCOc2ccccc2)c1. The van der Waals surface area contributed by atoms with Crippen molar-refractivity contribution in [1.82, 2.24) is 4.90 Å². The molecule has 7 nitrogen and oxygen atoms in total. The molecule has 7 heteroatoms. The van der Waals surface area contributed by atoms with E-state index in [4.69, 9.17) is 9.47 Å². The van der Waals surface area contributed by atoms with E-state index < -0.39 is 0 Å². The molecule has 0 aliphatic carbocycles. The average molecular weight is 357 g/mol. The highest BCUT2D eigenvalue weighted by atomic mass is 16.5. The normalized spacial score (nSPS) is 10.1. The zero-order valence-corrected chi connectivity index (χ0v) is 14.9. The van der Waals surface area contributed by atoms with Crippen LogP contribution >= 0.6 is 0 Å². The van der Waals surface area contributed by atoms with Crippen molar-refractivity contribution in [3.05, 3.63) is 54.6 Å². The van der Waals surface area contributed by atoms with Gasteiger partial charge in [0.2, 0.25) is 5.91 Å². The number of carbonyl (C=O) groups is 2. The second-order valence-electron chi connectivity index (χ2n) is 5.58. The molecule has 0 atom stereocenters. The minimum atomic E-state index is -0.262. The maximum absolute atomic E-state index is 12.2. The fraction of sp³-hybridized carbons (Fsp3) is 0.263. The van der Waals surface area contributed by atoms with Crippen molar-refractivity contribution in [3.63, 3.8) is 0 Å². The summed E-state index contributed by atoms with van der Waals surface area (Å²) in [5.74, 6) is 0.506. The first kappa shape index (κ1) is 19.3. The number of rotatable bonds is 8. The molecule has 0 unspecified atom stereocenters. The lowest BCUT2D eigenvalue weighted by molar-refractivity contribution is -0.119. The van der Waals surface area contributed by atoms with Crippen molar-refractivity contribution in [1.29, 1.82) is 0 Å². The van der Waals surface area contributed by atoms with E-state index in [1.165, 1.54) is 12.0 Å². The molecule has 0 aliphatic rings. The van der Waals surface area contributed by atoms with Gasteiger partial charge in [0.15, 0.2) is 0 Å². The summed E-state index contributed by atoms with van der Waals surface area (Å²) in [4.78, 5) is 25.3. The van der Waals surface area contributed by atoms with Crippen molar-refractivity contribution in [2.45, 2.75) is 0 Å². The van der Waals surface area contributed by atoms with Crippen LogP contribution in [0.3, 0.4) is 0 Å². The van der Waals surface area contributed by atoms with Crippen LogP contribution < -0.4 is 15.4 Å². The zero-order chi connectivity index (χ0) is 18.8. The molecule has 0 spiro atoms. The number of hydrogen-bond acceptors (Lipinski definition) is 4. The molecule has 0 saturated heterocycles. The third kappa shape index (κ3) is 6.45. The van der Waals surface area contributed by atoms with Gasteiger partial charge >= 0.3 is 6.03 Å². The lowest BCUT2D eigenvalue weighted by atomic mass is 10.2. The van der Waals surface area contributed by atoms with E-state index in [1.54, 1.807) is 31.3 Å². The van der Waals surface area contributed by atoms with Crippen LogP contribution in [-0.2, 0) is 9.53 Å². The standard InChI is InChI=1S/C19H23N3O4/c1-22(11-12-26-17-9-4-3-5-10-17)19(24)21-16-8-6-7-15(13-16)20-18(23)14-25-2/h3-10,13H,11-12,14H2,1-2H3,(H,20,23)(H,21,24). The minimum Gasteiger partial charge on any atom is -0.492 e. The number of benzene rings is 2. The van der Waals surface area contributed by atoms with Gasteiger partial charge in [0.1, 0.15) is 19.0 Å². The highest BCUT2D eigenvalue weighted by Gasteiger charge is 2.10. The average Bonchev–Trinajstić information content (AvgIpc) is 2.63. The second-order valence-corrected chi connectivity index (χ2v) is 5.58. The Labute approximate surface area is 152 Å². The van der Waals surface area contributed by atoms with E-state index >= 15 is 0 Å². The van der Waals surface area contributed by atoms with Gasteiger partial charge in [-0.25, -0.2) is 4.79 Å². The number of likely N-dealkylation sites (N-methyl/N-ethyl adjacent to an activating group) is 1. The molecule has 2 N–H and O–H groups in total. The predicted octanol–water partition coefficient (Wildman–Crippen LogP) is 2.81. The Balaban J connectivity index is 1.81. The van der Waals surface area contributed by atoms with Crippen LogP contribution in [0.15, 0.2) is 54.6 Å². The van der Waals surface area contributed by atoms with Crippen molar-refractivity contribution in [2.75, 3.05) is 44.5 Å². The predicted molar refractivity (Wildman–Crippen MR) is 101 cm³/mol. The maximum Gasteiger partial charge on any atom is 0.321 e. The Morgan fingerprint density at radius 1 is 1.00 bits per heavy atom. The topological polar surface area (TPSA) is 79.9 Å². The lowest BCUT2D eigenvalue weighted by Crippen LogP contribution is -2.34. The molecule has 0 radical (unpaired) electrons. The van der Waals surface area contributed by atoms with Gasteiger partial charge in [-0.1, -0.05) is 24.3 Å². The highest BCUT2D eigenvalue weighted by Crippen LogP contribution is 2.15. The van der Waals surface area contributed by atoms with E-state index in [0.29, 0.717) is 24.5 Å². The van der Waals surface area contributed by atoms with Gasteiger partial charge in [0.05, 0.1) is 6.54 Å². The quantitative estimate of drug-likeness (QED) is 0.761. The number of hydrogen-bond donors (Lipinski definition) is 2. The van der Waals surface area contributed by atoms with E-state index in [0.717, 1.165) is 5.75 Å². The largest absolute Gasteiger partial charge is 0.492 e. The monoisotopic (exact) mass is 357 g/mol. The molecule has 2 aromatic carbocycles. The minimum absolute atomic E-state index is 0.0270. The molecule has 2 rings (SSSR count). The second kappa shape index (κ2) is 10.0. The van der Waals surface area contributed by atoms with Gasteiger partial charge in [0.25, 0.3) is 0 Å². The van der Waals surface area contributed by atoms with Crippen molar-refractivity contribution in [3.8, 4) is 5.75 Å². The first-order valence-electron chi connectivity index (χ1n) is 8.17. The summed E-state index contributed by atoms with van der Waals surface area (Å²) in [5.41, 5.74) is 1.17. The molecule has 0 saturated carbocycles. The number of anilines is 2. The number of urea groups is 1. The van der Waals surface area contributed by atoms with Crippen LogP contribution in [0.4, 0.5) is 16.2 Å². The third-order valence-corrected chi connectivity index (χ3v) is 3.46. The summed E-state index contributed by atoms with van der Waals surface area (Å²) in [6.07, 6.45) is 0. The number of nitrogens with one attached hydrogen (secondary N) is 2. The molecule has 0 aromatic heterocycles. The number of carbonyl (C=O) groups excluding carboxylic acids is 2. The zero-order valence-electron chi connectivity index (χ0n) is 14.9. The van der Waals surface area contributed by atoms with E-state index in [2.05, 4.69) is 10.6 Å². The van der Waals surface area contributed by atoms with Crippen molar-refractivity contribution < 1.29 is 19.1 Å². The molecular formula is C19H23N3O4. The molecule has 3 amide bonds. The molecule has 0 bridgehead atoms. The first-order valence-corrected chi connectivity index (χ1v) is 8.17. The molecule has 0 fully saturated rings. The lowest BCUT2D eigenvalue weighted by Gasteiger charge is -2.18. The number of methoxy groups -OCH3 is 1. The van der Waals surface area contributed by atoms with Gasteiger partial charge in [-0.05, 0) is 30.3 Å². The fourth-order valence-electron chi connectivity index (χ4n) is 2.14. The smallest absolute Gasteiger partial charge is 0.321 e. The number of amides is 3. The summed E-state index contributed by atoms with van der Waals surface area (Å²) in [6.45, 7) is 0.798. The van der Waals surface area contributed by atoms with Crippen LogP contribution in [0.25, 0.3) is 0 Å². The van der Waals surface area contributed by atoms with Crippen molar-refractivity contribution in [2.24, 2.45) is 0 Å². The van der Waals surface area contributed by atoms with Crippen LogP contribution in [0.5, 0.6) is 5.75 Å². The van der Waals surface area contributed by atoms with Crippen LogP contribution in [0, 0.1) is 0 Å². The van der Waals surface area contributed by atoms with Gasteiger partial charge in [-0.2, -0.15) is 0 Å². The van der Waals surface area contributed by atoms with E-state index in [-0.39, 0.29) is 18.5 Å². The van der Waals surface area contributed by atoms with Gasteiger partial charge in [-0.15, -0.1) is 0 Å². The Morgan fingerprint density at radius 2 is 1.69 bits per heavy atom. The van der Waals surface area contributed by atoms with Gasteiger partial charge in [-0.3, -0.25) is 4.79 Å². The Bertz CT molecular complexity index is 722. The summed E-state index contributed by atoms with van der Waals surface area (Å²) >= 11 is 0. The number of ether oxygens (including phenoxy) is 2. The van der Waals surface area contributed by atoms with Crippen molar-refractivity contribution >= 4 is 23.3 Å². The highest BCUT2D eigenvalue weighted by molar-refractivity contribution is 5.94. The van der Waals surface area contributed by atoms with Gasteiger partial charge < -0.3 is 25.0 Å². The van der Waals surface area contributed by atoms with E-state index in [9.17, 15) is 9.59 Å². The number of nitrogens with zero attached hydrogens (tertiary/aromatic N) is 1. The van der Waals surface area contributed by atoms with Gasteiger partial charge in [0, 0.05) is 25.5 Å². The number of para-hydroxylation sites is 1. The molecule has 0 aliphatic heterocycles. The Morgan fingerprint density at radius 3 is 2.38 bits per heavy atom. The summed E-state index contributed by atoms with van der Waals surface area (Å²) < 4.78 is 10.4. The Hall–Kier alpha value is -3.06. The van der Waals surface area contributed by atoms with Crippen LogP contribution in [-0.4, -0.2) is 50.8 Å². The molecule has 138 valence electrons.